The van der Waals surface area contributed by atoms with Crippen molar-refractivity contribution in [2.75, 3.05) is 0 Å². The molecule has 118 valence electrons. The third kappa shape index (κ3) is 4.05. The largest absolute Gasteiger partial charge is 0.392 e. The molecular weight excluding hydrogens is 309 g/mol. The van der Waals surface area contributed by atoms with E-state index in [1.54, 1.807) is 23.5 Å². The Morgan fingerprint density at radius 3 is 2.35 bits per heavy atom. The van der Waals surface area contributed by atoms with Crippen LogP contribution in [0.5, 0.6) is 0 Å². The molecule has 1 aromatic heterocycles. The lowest BCUT2D eigenvalue weighted by Gasteiger charge is -2.08. The first-order chi connectivity index (χ1) is 11.3. The third-order valence-electron chi connectivity index (χ3n) is 3.69. The lowest BCUT2D eigenvalue weighted by Crippen LogP contribution is -2.13. The van der Waals surface area contributed by atoms with Gasteiger partial charge < -0.3 is 10.4 Å². The maximum atomic E-state index is 13.0. The third-order valence-corrected chi connectivity index (χ3v) is 4.83. The molecule has 0 saturated heterocycles. The van der Waals surface area contributed by atoms with Gasteiger partial charge in [0.05, 0.1) is 6.61 Å². The molecule has 0 saturated carbocycles. The summed E-state index contributed by atoms with van der Waals surface area (Å²) in [5.74, 6) is -0.213. The van der Waals surface area contributed by atoms with Gasteiger partial charge in [-0.3, -0.25) is 0 Å². The van der Waals surface area contributed by atoms with E-state index >= 15 is 0 Å². The van der Waals surface area contributed by atoms with Crippen LogP contribution in [0.2, 0.25) is 0 Å². The molecule has 0 aliphatic carbocycles. The summed E-state index contributed by atoms with van der Waals surface area (Å²) in [6, 6.07) is 18.6. The molecule has 2 aromatic carbocycles. The molecule has 0 radical (unpaired) electrons. The molecule has 4 heteroatoms. The van der Waals surface area contributed by atoms with Gasteiger partial charge >= 0.3 is 0 Å². The van der Waals surface area contributed by atoms with Crippen LogP contribution in [0, 0.1) is 5.82 Å². The van der Waals surface area contributed by atoms with E-state index in [0.29, 0.717) is 0 Å². The Morgan fingerprint density at radius 2 is 1.61 bits per heavy atom. The average molecular weight is 327 g/mol. The molecule has 2 nitrogen and oxygen atoms in total. The highest BCUT2D eigenvalue weighted by Gasteiger charge is 2.04. The van der Waals surface area contributed by atoms with Crippen LogP contribution in [0.4, 0.5) is 4.39 Å². The molecule has 3 rings (SSSR count). The Labute approximate surface area is 139 Å². The smallest absolute Gasteiger partial charge is 0.123 e. The number of aliphatic hydroxyl groups is 1. The number of nitrogens with one attached hydrogen (secondary N) is 1. The van der Waals surface area contributed by atoms with E-state index in [1.807, 2.05) is 24.3 Å². The summed E-state index contributed by atoms with van der Waals surface area (Å²) in [4.78, 5) is 2.36. The molecule has 0 bridgehead atoms. The standard InChI is InChI=1S/C19H18FNOS/c20-17-7-5-14(6-8-17)19-10-9-18(23-19)12-21-11-15-3-1-2-4-16(15)13-22/h1-10,21-22H,11-13H2. The quantitative estimate of drug-likeness (QED) is 0.706. The van der Waals surface area contributed by atoms with Crippen molar-refractivity contribution in [3.63, 3.8) is 0 Å². The number of aliphatic hydroxyl groups excluding tert-OH is 1. The van der Waals surface area contributed by atoms with Gasteiger partial charge in [0, 0.05) is 22.8 Å². The first-order valence-electron chi connectivity index (χ1n) is 7.49. The Hall–Kier alpha value is -2.01. The van der Waals surface area contributed by atoms with Crippen LogP contribution in [0.1, 0.15) is 16.0 Å². The molecular formula is C19H18FNOS. The number of hydrogen-bond donors (Lipinski definition) is 2. The summed E-state index contributed by atoms with van der Waals surface area (Å²) in [5.41, 5.74) is 3.11. The minimum Gasteiger partial charge on any atom is -0.392 e. The van der Waals surface area contributed by atoms with Gasteiger partial charge in [0.25, 0.3) is 0 Å². The van der Waals surface area contributed by atoms with E-state index in [0.717, 1.165) is 34.7 Å². The first kappa shape index (κ1) is 15.9. The maximum Gasteiger partial charge on any atom is 0.123 e. The number of hydrogen-bond acceptors (Lipinski definition) is 3. The second kappa shape index (κ2) is 7.51. The summed E-state index contributed by atoms with van der Waals surface area (Å²) in [6.45, 7) is 1.55. The van der Waals surface area contributed by atoms with Crippen LogP contribution in [0.25, 0.3) is 10.4 Å². The maximum absolute atomic E-state index is 13.0. The summed E-state index contributed by atoms with van der Waals surface area (Å²) < 4.78 is 13.0. The molecule has 0 amide bonds. The van der Waals surface area contributed by atoms with Crippen molar-refractivity contribution in [3.05, 3.63) is 82.5 Å². The highest BCUT2D eigenvalue weighted by Crippen LogP contribution is 2.28. The zero-order valence-electron chi connectivity index (χ0n) is 12.6. The fourth-order valence-corrected chi connectivity index (χ4v) is 3.43. The zero-order chi connectivity index (χ0) is 16.1. The summed E-state index contributed by atoms with van der Waals surface area (Å²) in [5, 5.41) is 12.7. The number of benzene rings is 2. The fourth-order valence-electron chi connectivity index (χ4n) is 2.45. The van der Waals surface area contributed by atoms with E-state index in [4.69, 9.17) is 0 Å². The van der Waals surface area contributed by atoms with Crippen LogP contribution in [0.3, 0.4) is 0 Å². The van der Waals surface area contributed by atoms with E-state index in [1.165, 1.54) is 17.0 Å². The molecule has 0 fully saturated rings. The first-order valence-corrected chi connectivity index (χ1v) is 8.31. The van der Waals surface area contributed by atoms with Crippen molar-refractivity contribution in [2.45, 2.75) is 19.7 Å². The van der Waals surface area contributed by atoms with Crippen molar-refractivity contribution >= 4 is 11.3 Å². The monoisotopic (exact) mass is 327 g/mol. The van der Waals surface area contributed by atoms with Crippen molar-refractivity contribution in [3.8, 4) is 10.4 Å². The van der Waals surface area contributed by atoms with Crippen molar-refractivity contribution in [1.29, 1.82) is 0 Å². The van der Waals surface area contributed by atoms with Gasteiger partial charge in [-0.25, -0.2) is 4.39 Å². The van der Waals surface area contributed by atoms with Crippen molar-refractivity contribution in [2.24, 2.45) is 0 Å². The van der Waals surface area contributed by atoms with Gasteiger partial charge in [-0.1, -0.05) is 36.4 Å². The van der Waals surface area contributed by atoms with E-state index in [9.17, 15) is 9.50 Å². The van der Waals surface area contributed by atoms with Crippen LogP contribution in [-0.2, 0) is 19.7 Å². The van der Waals surface area contributed by atoms with Gasteiger partial charge in [-0.15, -0.1) is 11.3 Å². The average Bonchev–Trinajstić information content (AvgIpc) is 3.05. The lowest BCUT2D eigenvalue weighted by molar-refractivity contribution is 0.280. The second-order valence-electron chi connectivity index (χ2n) is 5.30. The minimum atomic E-state index is -0.213. The predicted octanol–water partition coefficient (Wildman–Crippen LogP) is 4.34. The molecule has 0 aliphatic rings. The van der Waals surface area contributed by atoms with Gasteiger partial charge in [0.15, 0.2) is 0 Å². The van der Waals surface area contributed by atoms with E-state index < -0.39 is 0 Å². The summed E-state index contributed by atoms with van der Waals surface area (Å²) in [6.07, 6.45) is 0. The van der Waals surface area contributed by atoms with E-state index in [2.05, 4.69) is 17.4 Å². The highest BCUT2D eigenvalue weighted by molar-refractivity contribution is 7.15. The van der Waals surface area contributed by atoms with Crippen LogP contribution in [-0.4, -0.2) is 5.11 Å². The number of halogens is 1. The van der Waals surface area contributed by atoms with Gasteiger partial charge in [-0.2, -0.15) is 0 Å². The minimum absolute atomic E-state index is 0.0611. The Bertz CT molecular complexity index is 767. The van der Waals surface area contributed by atoms with E-state index in [-0.39, 0.29) is 12.4 Å². The highest BCUT2D eigenvalue weighted by atomic mass is 32.1. The second-order valence-corrected chi connectivity index (χ2v) is 6.47. The van der Waals surface area contributed by atoms with Crippen LogP contribution in [0.15, 0.2) is 60.7 Å². The molecule has 1 heterocycles. The van der Waals surface area contributed by atoms with Crippen molar-refractivity contribution < 1.29 is 9.50 Å². The topological polar surface area (TPSA) is 32.3 Å². The SMILES string of the molecule is OCc1ccccc1CNCc1ccc(-c2ccc(F)cc2)s1. The van der Waals surface area contributed by atoms with Gasteiger partial charge in [-0.05, 0) is 41.0 Å². The molecule has 0 aliphatic heterocycles. The van der Waals surface area contributed by atoms with Crippen LogP contribution < -0.4 is 5.32 Å². The molecule has 0 unspecified atom stereocenters. The Morgan fingerprint density at radius 1 is 0.870 bits per heavy atom. The van der Waals surface area contributed by atoms with Gasteiger partial charge in [0.2, 0.25) is 0 Å². The molecule has 23 heavy (non-hydrogen) atoms. The normalized spacial score (nSPS) is 10.9. The molecule has 0 spiro atoms. The summed E-state index contributed by atoms with van der Waals surface area (Å²) >= 11 is 1.70. The Kier molecular flexibility index (Phi) is 5.18. The fraction of sp³-hybridized carbons (Fsp3) is 0.158. The molecule has 2 N–H and O–H groups in total. The van der Waals surface area contributed by atoms with Crippen molar-refractivity contribution in [1.82, 2.24) is 5.32 Å². The Balaban J connectivity index is 1.60. The number of thiophene rings is 1. The number of rotatable bonds is 6. The lowest BCUT2D eigenvalue weighted by atomic mass is 10.1. The zero-order valence-corrected chi connectivity index (χ0v) is 13.4. The molecule has 0 atom stereocenters. The van der Waals surface area contributed by atoms with Gasteiger partial charge in [0.1, 0.15) is 5.82 Å². The van der Waals surface area contributed by atoms with Crippen LogP contribution >= 0.6 is 11.3 Å². The molecule has 3 aromatic rings. The predicted molar refractivity (Wildman–Crippen MR) is 92.6 cm³/mol. The summed E-state index contributed by atoms with van der Waals surface area (Å²) in [7, 11) is 0.